The van der Waals surface area contributed by atoms with E-state index in [1.165, 1.54) is 23.5 Å². The Morgan fingerprint density at radius 3 is 2.90 bits per heavy atom. The minimum Gasteiger partial charge on any atom is -0.497 e. The Bertz CT molecular complexity index is 790. The topological polar surface area (TPSA) is 54.4 Å². The van der Waals surface area contributed by atoms with Gasteiger partial charge in [-0.1, -0.05) is 11.8 Å². The lowest BCUT2D eigenvalue weighted by Gasteiger charge is -2.00. The highest BCUT2D eigenvalue weighted by molar-refractivity contribution is 8.40. The summed E-state index contributed by atoms with van der Waals surface area (Å²) in [6.07, 6.45) is 3.83. The number of aromatic amines is 1. The monoisotopic (exact) mass is 318 g/mol. The summed E-state index contributed by atoms with van der Waals surface area (Å²) in [5, 5.41) is 1.05. The first-order chi connectivity index (χ1) is 10.1. The number of ether oxygens (including phenoxy) is 1. The van der Waals surface area contributed by atoms with Crippen molar-refractivity contribution in [3.05, 3.63) is 34.4 Å². The first-order valence-electron chi connectivity index (χ1n) is 6.35. The molecule has 3 rings (SSSR count). The Balaban J connectivity index is 2.09. The number of benzene rings is 1. The van der Waals surface area contributed by atoms with E-state index >= 15 is 0 Å². The van der Waals surface area contributed by atoms with Gasteiger partial charge in [-0.2, -0.15) is 4.99 Å². The van der Waals surface area contributed by atoms with Crippen LogP contribution in [0.25, 0.3) is 17.0 Å². The van der Waals surface area contributed by atoms with Crippen molar-refractivity contribution in [3.8, 4) is 5.75 Å². The van der Waals surface area contributed by atoms with Crippen LogP contribution in [0.4, 0.5) is 0 Å². The van der Waals surface area contributed by atoms with Gasteiger partial charge in [-0.3, -0.25) is 4.79 Å². The lowest BCUT2D eigenvalue weighted by molar-refractivity contribution is -0.113. The number of nitrogens with zero attached hydrogens (tertiary/aromatic N) is 1. The number of aryl methyl sites for hydroxylation is 1. The zero-order chi connectivity index (χ0) is 15.0. The molecule has 1 aromatic heterocycles. The highest BCUT2D eigenvalue weighted by atomic mass is 32.2. The van der Waals surface area contributed by atoms with Crippen molar-refractivity contribution in [1.29, 1.82) is 0 Å². The minimum atomic E-state index is -0.166. The summed E-state index contributed by atoms with van der Waals surface area (Å²) in [5.74, 6) is 0.633. The molecule has 0 saturated heterocycles. The van der Waals surface area contributed by atoms with Crippen LogP contribution in [-0.4, -0.2) is 28.6 Å². The average molecular weight is 318 g/mol. The molecule has 2 aromatic rings. The molecule has 0 fully saturated rings. The van der Waals surface area contributed by atoms with Crippen LogP contribution in [0.15, 0.2) is 28.1 Å². The maximum absolute atomic E-state index is 11.9. The van der Waals surface area contributed by atoms with Gasteiger partial charge in [0, 0.05) is 22.2 Å². The van der Waals surface area contributed by atoms with E-state index < -0.39 is 0 Å². The van der Waals surface area contributed by atoms with Gasteiger partial charge in [0.2, 0.25) is 0 Å². The molecule has 0 unspecified atom stereocenters. The largest absolute Gasteiger partial charge is 0.497 e. The number of aliphatic imine (C=N–C) groups is 1. The SMILES string of the molecule is COc1ccc2[nH]c(C)c(/C=C3\SC(SC)=NC3=O)c2c1. The summed E-state index contributed by atoms with van der Waals surface area (Å²) in [4.78, 5) is 19.9. The van der Waals surface area contributed by atoms with Gasteiger partial charge in [-0.15, -0.1) is 11.8 Å². The molecule has 0 radical (unpaired) electrons. The van der Waals surface area contributed by atoms with Crippen LogP contribution >= 0.6 is 23.5 Å². The lowest BCUT2D eigenvalue weighted by atomic mass is 10.1. The molecule has 2 heterocycles. The van der Waals surface area contributed by atoms with Crippen LogP contribution in [0.5, 0.6) is 5.75 Å². The predicted octanol–water partition coefficient (Wildman–Crippen LogP) is 3.82. The van der Waals surface area contributed by atoms with Crippen LogP contribution in [0.3, 0.4) is 0 Å². The lowest BCUT2D eigenvalue weighted by Crippen LogP contribution is -1.88. The summed E-state index contributed by atoms with van der Waals surface area (Å²) in [7, 11) is 1.65. The van der Waals surface area contributed by atoms with E-state index in [0.717, 1.165) is 32.3 Å². The van der Waals surface area contributed by atoms with Gasteiger partial charge < -0.3 is 9.72 Å². The summed E-state index contributed by atoms with van der Waals surface area (Å²) in [6, 6.07) is 5.88. The number of carbonyl (C=O) groups is 1. The summed E-state index contributed by atoms with van der Waals surface area (Å²) < 4.78 is 6.07. The predicted molar refractivity (Wildman–Crippen MR) is 91.1 cm³/mol. The normalized spacial score (nSPS) is 16.8. The number of carbonyl (C=O) groups excluding carboxylic acids is 1. The zero-order valence-corrected chi connectivity index (χ0v) is 13.5. The molecule has 1 aromatic carbocycles. The molecule has 1 N–H and O–H groups in total. The van der Waals surface area contributed by atoms with Gasteiger partial charge in [0.15, 0.2) is 0 Å². The summed E-state index contributed by atoms with van der Waals surface area (Å²) in [6.45, 7) is 2.00. The first-order valence-corrected chi connectivity index (χ1v) is 8.39. The van der Waals surface area contributed by atoms with E-state index in [9.17, 15) is 4.79 Å². The molecule has 1 aliphatic rings. The number of H-pyrrole nitrogens is 1. The van der Waals surface area contributed by atoms with Crippen LogP contribution in [0.2, 0.25) is 0 Å². The highest BCUT2D eigenvalue weighted by Gasteiger charge is 2.22. The Morgan fingerprint density at radius 2 is 2.24 bits per heavy atom. The molecule has 4 nitrogen and oxygen atoms in total. The van der Waals surface area contributed by atoms with Crippen molar-refractivity contribution in [2.24, 2.45) is 4.99 Å². The maximum atomic E-state index is 11.9. The fourth-order valence-corrected chi connectivity index (χ4v) is 3.65. The van der Waals surface area contributed by atoms with E-state index in [2.05, 4.69) is 9.98 Å². The summed E-state index contributed by atoms with van der Waals surface area (Å²) >= 11 is 2.91. The Hall–Kier alpha value is -1.66. The zero-order valence-electron chi connectivity index (χ0n) is 11.9. The number of aromatic nitrogens is 1. The first kappa shape index (κ1) is 14.3. The minimum absolute atomic E-state index is 0.166. The van der Waals surface area contributed by atoms with Gasteiger partial charge in [0.1, 0.15) is 10.1 Å². The van der Waals surface area contributed by atoms with Crippen LogP contribution in [0, 0.1) is 6.92 Å². The van der Waals surface area contributed by atoms with Gasteiger partial charge in [0.25, 0.3) is 5.91 Å². The molecular formula is C15H14N2O2S2. The van der Waals surface area contributed by atoms with Crippen molar-refractivity contribution in [2.45, 2.75) is 6.92 Å². The second-order valence-corrected chi connectivity index (χ2v) is 6.66. The van der Waals surface area contributed by atoms with E-state index in [4.69, 9.17) is 4.74 Å². The summed E-state index contributed by atoms with van der Waals surface area (Å²) in [5.41, 5.74) is 3.07. The molecule has 0 saturated carbocycles. The molecule has 0 bridgehead atoms. The number of fused-ring (bicyclic) bond motifs is 1. The molecule has 0 aliphatic carbocycles. The van der Waals surface area contributed by atoms with Crippen molar-refractivity contribution in [1.82, 2.24) is 4.98 Å². The molecule has 1 aliphatic heterocycles. The van der Waals surface area contributed by atoms with Crippen molar-refractivity contribution in [3.63, 3.8) is 0 Å². The third kappa shape index (κ3) is 2.61. The van der Waals surface area contributed by atoms with E-state index in [1.807, 2.05) is 37.5 Å². The van der Waals surface area contributed by atoms with Crippen LogP contribution in [-0.2, 0) is 4.79 Å². The van der Waals surface area contributed by atoms with E-state index in [1.54, 1.807) is 7.11 Å². The third-order valence-corrected chi connectivity index (χ3v) is 5.26. The van der Waals surface area contributed by atoms with Crippen molar-refractivity contribution >= 4 is 50.8 Å². The molecule has 0 spiro atoms. The number of hydrogen-bond donors (Lipinski definition) is 1. The molecule has 0 atom stereocenters. The van der Waals surface area contributed by atoms with E-state index in [0.29, 0.717) is 4.91 Å². The van der Waals surface area contributed by atoms with Gasteiger partial charge in [0.05, 0.1) is 12.0 Å². The standard InChI is InChI=1S/C15H14N2O2S2/c1-8-10(7-13-14(18)17-15(20-3)21-13)11-6-9(19-2)4-5-12(11)16-8/h4-7,16H,1-3H3/b13-7-. The molecular weight excluding hydrogens is 304 g/mol. The molecule has 108 valence electrons. The number of rotatable bonds is 2. The Kier molecular flexibility index (Phi) is 3.82. The average Bonchev–Trinajstić information content (AvgIpc) is 3.00. The van der Waals surface area contributed by atoms with Gasteiger partial charge >= 0.3 is 0 Å². The maximum Gasteiger partial charge on any atom is 0.285 e. The number of hydrogen-bond acceptors (Lipinski definition) is 4. The molecule has 1 amide bonds. The van der Waals surface area contributed by atoms with Gasteiger partial charge in [-0.05, 0) is 37.5 Å². The fraction of sp³-hybridized carbons (Fsp3) is 0.200. The Morgan fingerprint density at radius 1 is 1.43 bits per heavy atom. The second-order valence-electron chi connectivity index (χ2n) is 4.57. The van der Waals surface area contributed by atoms with Crippen molar-refractivity contribution in [2.75, 3.05) is 13.4 Å². The molecule has 21 heavy (non-hydrogen) atoms. The highest BCUT2D eigenvalue weighted by Crippen LogP contribution is 2.35. The number of methoxy groups -OCH3 is 1. The van der Waals surface area contributed by atoms with E-state index in [-0.39, 0.29) is 5.91 Å². The Labute approximate surface area is 131 Å². The third-order valence-electron chi connectivity index (χ3n) is 3.29. The van der Waals surface area contributed by atoms with Crippen molar-refractivity contribution < 1.29 is 9.53 Å². The number of amides is 1. The smallest absolute Gasteiger partial charge is 0.285 e. The van der Waals surface area contributed by atoms with Crippen LogP contribution < -0.4 is 4.74 Å². The second kappa shape index (κ2) is 5.61. The number of thioether (sulfide) groups is 2. The van der Waals surface area contributed by atoms with Crippen LogP contribution in [0.1, 0.15) is 11.3 Å². The molecule has 6 heteroatoms. The number of nitrogens with one attached hydrogen (secondary N) is 1. The quantitative estimate of drug-likeness (QED) is 0.855. The fourth-order valence-electron chi connectivity index (χ4n) is 2.25. The van der Waals surface area contributed by atoms with Gasteiger partial charge in [-0.25, -0.2) is 0 Å².